The number of anilines is 1. The molecule has 0 unspecified atom stereocenters. The minimum absolute atomic E-state index is 0.235. The predicted molar refractivity (Wildman–Crippen MR) is 83.6 cm³/mol. The lowest BCUT2D eigenvalue weighted by Gasteiger charge is -2.14. The fourth-order valence-electron chi connectivity index (χ4n) is 2.38. The summed E-state index contributed by atoms with van der Waals surface area (Å²) in [6.07, 6.45) is 2.80. The van der Waals surface area contributed by atoms with Gasteiger partial charge in [-0.15, -0.1) is 0 Å². The van der Waals surface area contributed by atoms with Gasteiger partial charge >= 0.3 is 0 Å². The topological polar surface area (TPSA) is 45.2 Å². The molecule has 1 aliphatic rings. The van der Waals surface area contributed by atoms with Gasteiger partial charge in [-0.1, -0.05) is 22.9 Å². The monoisotopic (exact) mass is 309 g/mol. The standard InChI is InChI=1S/C14H16ClN3OS/c15-10-3-4-11-12(9-10)20-14(17-11)16-6-5-13(19)18-7-1-2-8-18/h3-4,9H,1-2,5-8H2,(H,16,17). The van der Waals surface area contributed by atoms with Gasteiger partial charge < -0.3 is 10.2 Å². The van der Waals surface area contributed by atoms with Crippen LogP contribution >= 0.6 is 22.9 Å². The number of likely N-dealkylation sites (tertiary alicyclic amines) is 1. The minimum Gasteiger partial charge on any atom is -0.361 e. The van der Waals surface area contributed by atoms with Gasteiger partial charge in [-0.25, -0.2) is 4.98 Å². The van der Waals surface area contributed by atoms with Crippen LogP contribution in [0.4, 0.5) is 5.13 Å². The third-order valence-corrected chi connectivity index (χ3v) is 4.64. The molecule has 1 aromatic heterocycles. The third-order valence-electron chi connectivity index (χ3n) is 3.42. The summed E-state index contributed by atoms with van der Waals surface area (Å²) in [6, 6.07) is 5.66. The van der Waals surface area contributed by atoms with E-state index in [1.54, 1.807) is 11.3 Å². The van der Waals surface area contributed by atoms with E-state index in [1.165, 1.54) is 0 Å². The molecule has 0 spiro atoms. The number of nitrogens with one attached hydrogen (secondary N) is 1. The van der Waals surface area contributed by atoms with Gasteiger partial charge in [-0.05, 0) is 31.0 Å². The van der Waals surface area contributed by atoms with E-state index in [2.05, 4.69) is 10.3 Å². The van der Waals surface area contributed by atoms with Crippen LogP contribution in [0, 0.1) is 0 Å². The van der Waals surface area contributed by atoms with Gasteiger partial charge in [-0.2, -0.15) is 0 Å². The number of hydrogen-bond donors (Lipinski definition) is 1. The zero-order valence-electron chi connectivity index (χ0n) is 11.1. The van der Waals surface area contributed by atoms with Crippen LogP contribution in [0.1, 0.15) is 19.3 Å². The molecule has 0 atom stereocenters. The highest BCUT2D eigenvalue weighted by Gasteiger charge is 2.17. The summed E-state index contributed by atoms with van der Waals surface area (Å²) in [7, 11) is 0. The van der Waals surface area contributed by atoms with Crippen molar-refractivity contribution in [1.29, 1.82) is 0 Å². The summed E-state index contributed by atoms with van der Waals surface area (Å²) < 4.78 is 1.06. The van der Waals surface area contributed by atoms with E-state index >= 15 is 0 Å². The molecule has 0 radical (unpaired) electrons. The lowest BCUT2D eigenvalue weighted by molar-refractivity contribution is -0.129. The lowest BCUT2D eigenvalue weighted by Crippen LogP contribution is -2.29. The number of amides is 1. The Balaban J connectivity index is 1.55. The van der Waals surface area contributed by atoms with E-state index in [9.17, 15) is 4.79 Å². The van der Waals surface area contributed by atoms with E-state index < -0.39 is 0 Å². The summed E-state index contributed by atoms with van der Waals surface area (Å²) >= 11 is 7.52. The predicted octanol–water partition coefficient (Wildman–Crippen LogP) is 3.37. The molecule has 0 saturated carbocycles. The van der Waals surface area contributed by atoms with Crippen molar-refractivity contribution in [2.24, 2.45) is 0 Å². The molecule has 2 heterocycles. The smallest absolute Gasteiger partial charge is 0.224 e. The highest BCUT2D eigenvalue weighted by Crippen LogP contribution is 2.28. The minimum atomic E-state index is 0.235. The second-order valence-corrected chi connectivity index (χ2v) is 6.36. The van der Waals surface area contributed by atoms with Crippen LogP contribution in [-0.2, 0) is 4.79 Å². The summed E-state index contributed by atoms with van der Waals surface area (Å²) in [5.74, 6) is 0.235. The Hall–Kier alpha value is -1.33. The fraction of sp³-hybridized carbons (Fsp3) is 0.429. The van der Waals surface area contributed by atoms with Crippen LogP contribution in [0.25, 0.3) is 10.2 Å². The molecule has 1 aliphatic heterocycles. The first-order chi connectivity index (χ1) is 9.72. The van der Waals surface area contributed by atoms with E-state index in [0.29, 0.717) is 13.0 Å². The third kappa shape index (κ3) is 3.04. The van der Waals surface area contributed by atoms with Crippen molar-refractivity contribution >= 4 is 44.2 Å². The fourth-order valence-corrected chi connectivity index (χ4v) is 3.54. The van der Waals surface area contributed by atoms with Gasteiger partial charge in [-0.3, -0.25) is 4.79 Å². The summed E-state index contributed by atoms with van der Waals surface area (Å²) in [6.45, 7) is 2.46. The molecule has 2 aromatic rings. The number of hydrogen-bond acceptors (Lipinski definition) is 4. The molecule has 4 nitrogen and oxygen atoms in total. The number of fused-ring (bicyclic) bond motifs is 1. The van der Waals surface area contributed by atoms with Crippen LogP contribution in [0.5, 0.6) is 0 Å². The van der Waals surface area contributed by atoms with Crippen molar-refractivity contribution < 1.29 is 4.79 Å². The maximum atomic E-state index is 11.9. The zero-order valence-corrected chi connectivity index (χ0v) is 12.6. The summed E-state index contributed by atoms with van der Waals surface area (Å²) in [5, 5.41) is 4.79. The van der Waals surface area contributed by atoms with Crippen molar-refractivity contribution in [1.82, 2.24) is 9.88 Å². The summed E-state index contributed by atoms with van der Waals surface area (Å²) in [5.41, 5.74) is 0.938. The first kappa shape index (κ1) is 13.6. The maximum Gasteiger partial charge on any atom is 0.224 e. The number of benzene rings is 1. The highest BCUT2D eigenvalue weighted by molar-refractivity contribution is 7.22. The quantitative estimate of drug-likeness (QED) is 0.941. The molecule has 1 N–H and O–H groups in total. The average molecular weight is 310 g/mol. The number of halogens is 1. The Kier molecular flexibility index (Phi) is 4.08. The molecule has 1 fully saturated rings. The average Bonchev–Trinajstić information content (AvgIpc) is 3.06. The molecule has 0 aliphatic carbocycles. The maximum absolute atomic E-state index is 11.9. The zero-order chi connectivity index (χ0) is 13.9. The molecule has 106 valence electrons. The van der Waals surface area contributed by atoms with E-state index in [0.717, 1.165) is 46.3 Å². The lowest BCUT2D eigenvalue weighted by atomic mass is 10.3. The molecule has 3 rings (SSSR count). The van der Waals surface area contributed by atoms with Crippen molar-refractivity contribution in [2.45, 2.75) is 19.3 Å². The number of rotatable bonds is 4. The number of carbonyl (C=O) groups excluding carboxylic acids is 1. The molecular weight excluding hydrogens is 294 g/mol. The first-order valence-corrected chi connectivity index (χ1v) is 7.99. The van der Waals surface area contributed by atoms with E-state index in [4.69, 9.17) is 11.6 Å². The molecule has 6 heteroatoms. The Labute approximate surface area is 126 Å². The Morgan fingerprint density at radius 3 is 3.00 bits per heavy atom. The van der Waals surface area contributed by atoms with Gasteiger partial charge in [0, 0.05) is 31.1 Å². The van der Waals surface area contributed by atoms with E-state index in [-0.39, 0.29) is 5.91 Å². The Morgan fingerprint density at radius 2 is 2.20 bits per heavy atom. The molecule has 0 bridgehead atoms. The van der Waals surface area contributed by atoms with Crippen LogP contribution < -0.4 is 5.32 Å². The Bertz CT molecular complexity index is 622. The largest absolute Gasteiger partial charge is 0.361 e. The molecular formula is C14H16ClN3OS. The number of nitrogens with zero attached hydrogens (tertiary/aromatic N) is 2. The van der Waals surface area contributed by atoms with Crippen molar-refractivity contribution in [3.63, 3.8) is 0 Å². The molecule has 1 saturated heterocycles. The number of thiazole rings is 1. The second-order valence-electron chi connectivity index (χ2n) is 4.90. The van der Waals surface area contributed by atoms with Crippen LogP contribution in [0.2, 0.25) is 5.02 Å². The van der Waals surface area contributed by atoms with Crippen LogP contribution in [-0.4, -0.2) is 35.4 Å². The van der Waals surface area contributed by atoms with Gasteiger partial charge in [0.1, 0.15) is 0 Å². The van der Waals surface area contributed by atoms with Crippen molar-refractivity contribution in [3.05, 3.63) is 23.2 Å². The number of aromatic nitrogens is 1. The molecule has 1 aromatic carbocycles. The van der Waals surface area contributed by atoms with Crippen LogP contribution in [0.3, 0.4) is 0 Å². The van der Waals surface area contributed by atoms with Crippen molar-refractivity contribution in [3.8, 4) is 0 Å². The summed E-state index contributed by atoms with van der Waals surface area (Å²) in [4.78, 5) is 18.3. The molecule has 20 heavy (non-hydrogen) atoms. The highest BCUT2D eigenvalue weighted by atomic mass is 35.5. The molecule has 1 amide bonds. The van der Waals surface area contributed by atoms with Gasteiger partial charge in [0.2, 0.25) is 5.91 Å². The Morgan fingerprint density at radius 1 is 1.40 bits per heavy atom. The van der Waals surface area contributed by atoms with Crippen molar-refractivity contribution in [2.75, 3.05) is 25.0 Å². The number of carbonyl (C=O) groups is 1. The SMILES string of the molecule is O=C(CCNc1nc2ccc(Cl)cc2s1)N1CCCC1. The van der Waals surface area contributed by atoms with E-state index in [1.807, 2.05) is 23.1 Å². The van der Waals surface area contributed by atoms with Gasteiger partial charge in [0.25, 0.3) is 0 Å². The van der Waals surface area contributed by atoms with Gasteiger partial charge in [0.15, 0.2) is 5.13 Å². The van der Waals surface area contributed by atoms with Crippen LogP contribution in [0.15, 0.2) is 18.2 Å². The second kappa shape index (κ2) is 5.97. The normalized spacial score (nSPS) is 14.9. The first-order valence-electron chi connectivity index (χ1n) is 6.80. The van der Waals surface area contributed by atoms with Gasteiger partial charge in [0.05, 0.1) is 10.2 Å².